The lowest BCUT2D eigenvalue weighted by Crippen LogP contribution is -2.19. The van der Waals surface area contributed by atoms with Gasteiger partial charge in [0.25, 0.3) is 0 Å². The number of hydrogen-bond donors (Lipinski definition) is 1. The van der Waals surface area contributed by atoms with Crippen molar-refractivity contribution in [2.45, 2.75) is 39.5 Å². The topological polar surface area (TPSA) is 47.0 Å². The molecule has 1 aromatic heterocycles. The Labute approximate surface area is 126 Å². The Morgan fingerprint density at radius 2 is 2.00 bits per heavy atom. The summed E-state index contributed by atoms with van der Waals surface area (Å²) in [5.41, 5.74) is 0.736. The molecule has 0 unspecified atom stereocenters. The Kier molecular flexibility index (Phi) is 6.43. The van der Waals surface area contributed by atoms with E-state index in [1.54, 1.807) is 0 Å². The van der Waals surface area contributed by atoms with E-state index in [-0.39, 0.29) is 5.41 Å². The summed E-state index contributed by atoms with van der Waals surface area (Å²) >= 11 is 6.17. The number of nitrogens with one attached hydrogen (secondary N) is 1. The average molecular weight is 298 g/mol. The zero-order chi connectivity index (χ0) is 15.2. The summed E-state index contributed by atoms with van der Waals surface area (Å²) in [7, 11) is 0. The second-order valence-electron chi connectivity index (χ2n) is 5.68. The Morgan fingerprint density at radius 1 is 1.30 bits per heavy atom. The van der Waals surface area contributed by atoms with E-state index in [1.165, 1.54) is 0 Å². The van der Waals surface area contributed by atoms with Gasteiger partial charge in [-0.05, 0) is 13.3 Å². The third-order valence-corrected chi connectivity index (χ3v) is 3.13. The van der Waals surface area contributed by atoms with Crippen LogP contribution in [0.3, 0.4) is 0 Å². The quantitative estimate of drug-likeness (QED) is 0.473. The van der Waals surface area contributed by atoms with E-state index in [1.807, 2.05) is 13.0 Å². The molecule has 1 rings (SSSR count). The Balaban J connectivity index is 2.65. The van der Waals surface area contributed by atoms with Gasteiger partial charge < -0.3 is 10.1 Å². The lowest BCUT2D eigenvalue weighted by atomic mass is 9.95. The first-order valence-corrected chi connectivity index (χ1v) is 7.21. The maximum Gasteiger partial charge on any atom is 0.137 e. The van der Waals surface area contributed by atoms with Gasteiger partial charge in [0.05, 0.1) is 13.2 Å². The zero-order valence-electron chi connectivity index (χ0n) is 12.8. The van der Waals surface area contributed by atoms with E-state index in [0.717, 1.165) is 23.6 Å². The summed E-state index contributed by atoms with van der Waals surface area (Å²) in [6.45, 7) is 13.8. The summed E-state index contributed by atoms with van der Waals surface area (Å²) in [5.74, 6) is 1.52. The number of nitrogens with zero attached hydrogens (tertiary/aromatic N) is 2. The molecule has 0 radical (unpaired) electrons. The molecule has 0 aromatic carbocycles. The molecule has 0 saturated carbocycles. The van der Waals surface area contributed by atoms with Crippen LogP contribution in [-0.4, -0.2) is 29.7 Å². The second kappa shape index (κ2) is 7.60. The maximum absolute atomic E-state index is 6.17. The minimum atomic E-state index is -0.131. The summed E-state index contributed by atoms with van der Waals surface area (Å²) in [4.78, 5) is 8.91. The fourth-order valence-electron chi connectivity index (χ4n) is 1.51. The van der Waals surface area contributed by atoms with E-state index in [4.69, 9.17) is 16.3 Å². The van der Waals surface area contributed by atoms with E-state index in [0.29, 0.717) is 24.9 Å². The van der Waals surface area contributed by atoms with Crippen LogP contribution in [0.5, 0.6) is 0 Å². The summed E-state index contributed by atoms with van der Waals surface area (Å²) in [5, 5.41) is 3.76. The molecule has 5 heteroatoms. The Morgan fingerprint density at radius 3 is 2.60 bits per heavy atom. The molecule has 0 fully saturated rings. The molecule has 0 aliphatic heterocycles. The SMILES string of the molecule is C=CCCOCCNc1nc(C(C)(C)C)nc(Cl)c1C. The largest absolute Gasteiger partial charge is 0.379 e. The van der Waals surface area contributed by atoms with Crippen molar-refractivity contribution in [2.24, 2.45) is 0 Å². The third-order valence-electron chi connectivity index (χ3n) is 2.76. The van der Waals surface area contributed by atoms with Crippen molar-refractivity contribution in [2.75, 3.05) is 25.1 Å². The molecular weight excluding hydrogens is 274 g/mol. The van der Waals surface area contributed by atoms with E-state index in [9.17, 15) is 0 Å². The predicted molar refractivity (Wildman–Crippen MR) is 84.6 cm³/mol. The molecule has 0 aliphatic carbocycles. The zero-order valence-corrected chi connectivity index (χ0v) is 13.5. The fourth-order valence-corrected chi connectivity index (χ4v) is 1.68. The van der Waals surface area contributed by atoms with Crippen molar-refractivity contribution in [1.82, 2.24) is 9.97 Å². The summed E-state index contributed by atoms with van der Waals surface area (Å²) < 4.78 is 5.45. The van der Waals surface area contributed by atoms with Crippen LogP contribution < -0.4 is 5.32 Å². The normalized spacial score (nSPS) is 11.4. The molecule has 0 saturated heterocycles. The first kappa shape index (κ1) is 16.9. The average Bonchev–Trinajstić information content (AvgIpc) is 2.37. The number of aromatic nitrogens is 2. The van der Waals surface area contributed by atoms with Gasteiger partial charge in [0.1, 0.15) is 16.8 Å². The first-order valence-electron chi connectivity index (χ1n) is 6.83. The molecule has 1 aromatic rings. The van der Waals surface area contributed by atoms with Gasteiger partial charge in [-0.15, -0.1) is 6.58 Å². The molecule has 0 aliphatic rings. The molecule has 0 amide bonds. The van der Waals surface area contributed by atoms with E-state index >= 15 is 0 Å². The first-order chi connectivity index (χ1) is 9.36. The number of rotatable bonds is 7. The minimum Gasteiger partial charge on any atom is -0.379 e. The highest BCUT2D eigenvalue weighted by Gasteiger charge is 2.20. The smallest absolute Gasteiger partial charge is 0.137 e. The van der Waals surface area contributed by atoms with Gasteiger partial charge in [-0.25, -0.2) is 9.97 Å². The second-order valence-corrected chi connectivity index (χ2v) is 6.04. The molecule has 1 N–H and O–H groups in total. The van der Waals surface area contributed by atoms with Gasteiger partial charge in [-0.1, -0.05) is 38.4 Å². The summed E-state index contributed by atoms with van der Waals surface area (Å²) in [6, 6.07) is 0. The standard InChI is InChI=1S/C15H24ClN3O/c1-6-7-9-20-10-8-17-13-11(2)12(16)18-14(19-13)15(3,4)5/h6H,1,7-10H2,2-5H3,(H,17,18,19). The van der Waals surface area contributed by atoms with Crippen molar-refractivity contribution >= 4 is 17.4 Å². The molecular formula is C15H24ClN3O. The number of anilines is 1. The van der Waals surface area contributed by atoms with E-state index < -0.39 is 0 Å². The van der Waals surface area contributed by atoms with Gasteiger partial charge in [0, 0.05) is 17.5 Å². The molecule has 20 heavy (non-hydrogen) atoms. The lowest BCUT2D eigenvalue weighted by Gasteiger charge is -2.19. The number of hydrogen-bond acceptors (Lipinski definition) is 4. The molecule has 0 atom stereocenters. The van der Waals surface area contributed by atoms with Crippen LogP contribution in [0.2, 0.25) is 5.15 Å². The highest BCUT2D eigenvalue weighted by Crippen LogP contribution is 2.25. The summed E-state index contributed by atoms with van der Waals surface area (Å²) in [6.07, 6.45) is 2.71. The van der Waals surface area contributed by atoms with Crippen LogP contribution in [0.25, 0.3) is 0 Å². The highest BCUT2D eigenvalue weighted by atomic mass is 35.5. The lowest BCUT2D eigenvalue weighted by molar-refractivity contribution is 0.149. The molecule has 0 spiro atoms. The van der Waals surface area contributed by atoms with Crippen LogP contribution in [-0.2, 0) is 10.2 Å². The fraction of sp³-hybridized carbons (Fsp3) is 0.600. The molecule has 112 valence electrons. The van der Waals surface area contributed by atoms with Gasteiger partial charge in [-0.2, -0.15) is 0 Å². The van der Waals surface area contributed by atoms with Crippen molar-refractivity contribution in [3.05, 3.63) is 29.2 Å². The molecule has 4 nitrogen and oxygen atoms in total. The van der Waals surface area contributed by atoms with Crippen LogP contribution in [0, 0.1) is 6.92 Å². The van der Waals surface area contributed by atoms with E-state index in [2.05, 4.69) is 42.6 Å². The molecule has 1 heterocycles. The third kappa shape index (κ3) is 5.10. The van der Waals surface area contributed by atoms with Crippen molar-refractivity contribution in [1.29, 1.82) is 0 Å². The Hall–Kier alpha value is -1.13. The van der Waals surface area contributed by atoms with Gasteiger partial charge in [0.2, 0.25) is 0 Å². The monoisotopic (exact) mass is 297 g/mol. The van der Waals surface area contributed by atoms with Crippen LogP contribution in [0.4, 0.5) is 5.82 Å². The van der Waals surface area contributed by atoms with Crippen molar-refractivity contribution in [3.63, 3.8) is 0 Å². The van der Waals surface area contributed by atoms with Crippen LogP contribution >= 0.6 is 11.6 Å². The minimum absolute atomic E-state index is 0.131. The molecule has 0 bridgehead atoms. The highest BCUT2D eigenvalue weighted by molar-refractivity contribution is 6.30. The number of halogens is 1. The van der Waals surface area contributed by atoms with Crippen LogP contribution in [0.1, 0.15) is 38.6 Å². The maximum atomic E-state index is 6.17. The van der Waals surface area contributed by atoms with Crippen LogP contribution in [0.15, 0.2) is 12.7 Å². The van der Waals surface area contributed by atoms with Crippen molar-refractivity contribution < 1.29 is 4.74 Å². The van der Waals surface area contributed by atoms with Gasteiger partial charge in [0.15, 0.2) is 0 Å². The number of ether oxygens (including phenoxy) is 1. The predicted octanol–water partition coefficient (Wildman–Crippen LogP) is 3.74. The van der Waals surface area contributed by atoms with Gasteiger partial charge >= 0.3 is 0 Å². The van der Waals surface area contributed by atoms with Gasteiger partial charge in [-0.3, -0.25) is 0 Å². The van der Waals surface area contributed by atoms with Crippen molar-refractivity contribution in [3.8, 4) is 0 Å². The Bertz CT molecular complexity index is 455.